The summed E-state index contributed by atoms with van der Waals surface area (Å²) in [6, 6.07) is 15.7. The number of hydrogen-bond donors (Lipinski definition) is 2. The fraction of sp³-hybridized carbons (Fsp3) is 0.167. The van der Waals surface area contributed by atoms with Gasteiger partial charge in [0.05, 0.1) is 6.10 Å². The second-order valence-electron chi connectivity index (χ2n) is 5.17. The molecule has 0 radical (unpaired) electrons. The molecule has 3 rings (SSSR count). The van der Waals surface area contributed by atoms with Gasteiger partial charge >= 0.3 is 0 Å². The highest BCUT2D eigenvalue weighted by Crippen LogP contribution is 2.33. The summed E-state index contributed by atoms with van der Waals surface area (Å²) in [5.74, 6) is 0. The van der Waals surface area contributed by atoms with Gasteiger partial charge in [-0.3, -0.25) is 4.98 Å². The van der Waals surface area contributed by atoms with Crippen molar-refractivity contribution >= 4 is 22.9 Å². The normalized spacial score (nSPS) is 12.3. The number of aliphatic hydroxyl groups is 1. The molecule has 2 N–H and O–H groups in total. The van der Waals surface area contributed by atoms with E-state index in [1.165, 1.54) is 4.88 Å². The van der Waals surface area contributed by atoms with Crippen LogP contribution in [-0.4, -0.2) is 16.6 Å². The van der Waals surface area contributed by atoms with E-state index < -0.39 is 6.10 Å². The van der Waals surface area contributed by atoms with Crippen molar-refractivity contribution in [2.45, 2.75) is 12.6 Å². The second kappa shape index (κ2) is 7.70. The largest absolute Gasteiger partial charge is 0.387 e. The first kappa shape index (κ1) is 16.1. The molecule has 0 saturated heterocycles. The van der Waals surface area contributed by atoms with Gasteiger partial charge in [0, 0.05) is 45.8 Å². The van der Waals surface area contributed by atoms with Crippen molar-refractivity contribution in [3.8, 4) is 10.4 Å². The van der Waals surface area contributed by atoms with Crippen LogP contribution in [0.15, 0.2) is 60.9 Å². The Balaban J connectivity index is 1.57. The quantitative estimate of drug-likeness (QED) is 0.701. The van der Waals surface area contributed by atoms with Gasteiger partial charge in [0.1, 0.15) is 0 Å². The minimum atomic E-state index is -0.527. The average molecular weight is 345 g/mol. The lowest BCUT2D eigenvalue weighted by atomic mass is 10.1. The van der Waals surface area contributed by atoms with E-state index in [2.05, 4.69) is 22.4 Å². The number of hydrogen-bond acceptors (Lipinski definition) is 4. The van der Waals surface area contributed by atoms with Gasteiger partial charge in [0.25, 0.3) is 0 Å². The summed E-state index contributed by atoms with van der Waals surface area (Å²) in [7, 11) is 0. The minimum Gasteiger partial charge on any atom is -0.387 e. The zero-order valence-corrected chi connectivity index (χ0v) is 14.0. The molecule has 2 heterocycles. The Morgan fingerprint density at radius 3 is 2.65 bits per heavy atom. The van der Waals surface area contributed by atoms with E-state index in [4.69, 9.17) is 11.6 Å². The van der Waals surface area contributed by atoms with Crippen LogP contribution in [-0.2, 0) is 6.54 Å². The van der Waals surface area contributed by atoms with Crippen LogP contribution >= 0.6 is 22.9 Å². The number of aromatic nitrogens is 1. The van der Waals surface area contributed by atoms with Crippen LogP contribution in [0.2, 0.25) is 5.02 Å². The smallest absolute Gasteiger partial charge is 0.0915 e. The molecule has 5 heteroatoms. The van der Waals surface area contributed by atoms with Crippen molar-refractivity contribution in [1.82, 2.24) is 10.3 Å². The highest BCUT2D eigenvalue weighted by molar-refractivity contribution is 7.15. The third-order valence-corrected chi connectivity index (χ3v) is 4.98. The van der Waals surface area contributed by atoms with Crippen molar-refractivity contribution in [3.63, 3.8) is 0 Å². The van der Waals surface area contributed by atoms with Crippen LogP contribution in [0.5, 0.6) is 0 Å². The van der Waals surface area contributed by atoms with E-state index >= 15 is 0 Å². The summed E-state index contributed by atoms with van der Waals surface area (Å²) < 4.78 is 0. The molecule has 0 fully saturated rings. The average Bonchev–Trinajstić information content (AvgIpc) is 3.04. The Kier molecular flexibility index (Phi) is 5.41. The fourth-order valence-corrected chi connectivity index (χ4v) is 3.62. The molecule has 0 amide bonds. The summed E-state index contributed by atoms with van der Waals surface area (Å²) in [5, 5.41) is 14.2. The summed E-state index contributed by atoms with van der Waals surface area (Å²) >= 11 is 7.94. The molecule has 0 bridgehead atoms. The summed E-state index contributed by atoms with van der Waals surface area (Å²) in [4.78, 5) is 6.32. The van der Waals surface area contributed by atoms with Crippen molar-refractivity contribution in [3.05, 3.63) is 76.4 Å². The van der Waals surface area contributed by atoms with Gasteiger partial charge in [0.2, 0.25) is 0 Å². The van der Waals surface area contributed by atoms with E-state index in [1.807, 2.05) is 36.4 Å². The predicted octanol–water partition coefficient (Wildman–Crippen LogP) is 4.29. The molecule has 0 saturated carbocycles. The maximum absolute atomic E-state index is 10.1. The summed E-state index contributed by atoms with van der Waals surface area (Å²) in [6.07, 6.45) is 2.85. The maximum Gasteiger partial charge on any atom is 0.0915 e. The number of aliphatic hydroxyl groups excluding tert-OH is 1. The summed E-state index contributed by atoms with van der Waals surface area (Å²) in [5.41, 5.74) is 1.93. The fourth-order valence-electron chi connectivity index (χ4n) is 2.31. The van der Waals surface area contributed by atoms with Crippen LogP contribution < -0.4 is 5.32 Å². The topological polar surface area (TPSA) is 45.1 Å². The van der Waals surface area contributed by atoms with E-state index in [1.54, 1.807) is 23.7 Å². The molecule has 118 valence electrons. The van der Waals surface area contributed by atoms with Gasteiger partial charge in [-0.1, -0.05) is 29.8 Å². The van der Waals surface area contributed by atoms with Gasteiger partial charge in [-0.15, -0.1) is 11.3 Å². The van der Waals surface area contributed by atoms with E-state index in [0.717, 1.165) is 27.6 Å². The van der Waals surface area contributed by atoms with Crippen molar-refractivity contribution in [2.75, 3.05) is 6.54 Å². The lowest BCUT2D eigenvalue weighted by Crippen LogP contribution is -2.20. The SMILES string of the molecule is OC(CNCc1ccc(-c2ccccc2Cl)s1)c1ccncc1. The zero-order chi connectivity index (χ0) is 16.1. The van der Waals surface area contributed by atoms with Crippen molar-refractivity contribution in [1.29, 1.82) is 0 Å². The second-order valence-corrected chi connectivity index (χ2v) is 6.75. The van der Waals surface area contributed by atoms with Gasteiger partial charge in [-0.25, -0.2) is 0 Å². The van der Waals surface area contributed by atoms with Gasteiger partial charge in [-0.2, -0.15) is 0 Å². The molecule has 0 aliphatic carbocycles. The van der Waals surface area contributed by atoms with Crippen molar-refractivity contribution < 1.29 is 5.11 Å². The first-order chi connectivity index (χ1) is 11.2. The monoisotopic (exact) mass is 344 g/mol. The molecule has 1 aromatic carbocycles. The molecular weight excluding hydrogens is 328 g/mol. The molecule has 0 aliphatic rings. The van der Waals surface area contributed by atoms with Gasteiger partial charge in [-0.05, 0) is 35.9 Å². The number of nitrogens with zero attached hydrogens (tertiary/aromatic N) is 1. The molecule has 3 aromatic rings. The van der Waals surface area contributed by atoms with Crippen LogP contribution in [0.1, 0.15) is 16.5 Å². The Labute approximate surface area is 144 Å². The highest BCUT2D eigenvalue weighted by atomic mass is 35.5. The molecule has 0 spiro atoms. The molecular formula is C18H17ClN2OS. The van der Waals surface area contributed by atoms with Gasteiger partial charge < -0.3 is 10.4 Å². The number of rotatable bonds is 6. The minimum absolute atomic E-state index is 0.503. The Morgan fingerprint density at radius 2 is 1.87 bits per heavy atom. The number of pyridine rings is 1. The first-order valence-corrected chi connectivity index (χ1v) is 8.56. The van der Waals surface area contributed by atoms with E-state index in [-0.39, 0.29) is 0 Å². The highest BCUT2D eigenvalue weighted by Gasteiger charge is 2.08. The Morgan fingerprint density at radius 1 is 1.09 bits per heavy atom. The third-order valence-electron chi connectivity index (χ3n) is 3.53. The maximum atomic E-state index is 10.1. The lowest BCUT2D eigenvalue weighted by molar-refractivity contribution is 0.174. The lowest BCUT2D eigenvalue weighted by Gasteiger charge is -2.11. The molecule has 0 aliphatic heterocycles. The summed E-state index contributed by atoms with van der Waals surface area (Å²) in [6.45, 7) is 1.22. The standard InChI is InChI=1S/C18H17ClN2OS/c19-16-4-2-1-3-15(16)18-6-5-14(23-18)11-21-12-17(22)13-7-9-20-10-8-13/h1-10,17,21-22H,11-12H2. The van der Waals surface area contributed by atoms with Crippen LogP contribution in [0.25, 0.3) is 10.4 Å². The molecule has 3 nitrogen and oxygen atoms in total. The molecule has 23 heavy (non-hydrogen) atoms. The number of thiophene rings is 1. The van der Waals surface area contributed by atoms with E-state index in [9.17, 15) is 5.11 Å². The third kappa shape index (κ3) is 4.18. The predicted molar refractivity (Wildman–Crippen MR) is 95.7 cm³/mol. The first-order valence-electron chi connectivity index (χ1n) is 7.36. The van der Waals surface area contributed by atoms with Crippen molar-refractivity contribution in [2.24, 2.45) is 0 Å². The zero-order valence-electron chi connectivity index (χ0n) is 12.4. The number of benzene rings is 1. The van der Waals surface area contributed by atoms with Crippen LogP contribution in [0.4, 0.5) is 0 Å². The number of nitrogens with one attached hydrogen (secondary N) is 1. The van der Waals surface area contributed by atoms with Crippen LogP contribution in [0.3, 0.4) is 0 Å². The number of halogens is 1. The van der Waals surface area contributed by atoms with E-state index in [0.29, 0.717) is 6.54 Å². The van der Waals surface area contributed by atoms with Crippen LogP contribution in [0, 0.1) is 0 Å². The Hall–Kier alpha value is -1.72. The molecule has 1 unspecified atom stereocenters. The molecule has 2 aromatic heterocycles. The molecule has 1 atom stereocenters. The Bertz CT molecular complexity index is 760. The van der Waals surface area contributed by atoms with Gasteiger partial charge in [0.15, 0.2) is 0 Å².